The molecule has 20 heavy (non-hydrogen) atoms. The number of benzene rings is 2. The zero-order chi connectivity index (χ0) is 14.7. The number of halogens is 3. The van der Waals surface area contributed by atoms with E-state index in [9.17, 15) is 8.78 Å². The standard InChI is InChI=1S/C15H11BrF2N2/c1-9-4-14(18)12(16)6-15(9)20-8-11-5-10(7-19)2-3-13(11)17/h2-6,20H,8H2,1H3. The minimum absolute atomic E-state index is 0.222. The number of nitrogens with zero attached hydrogens (tertiary/aromatic N) is 1. The Bertz CT molecular complexity index is 693. The summed E-state index contributed by atoms with van der Waals surface area (Å²) >= 11 is 3.11. The molecule has 2 nitrogen and oxygen atoms in total. The van der Waals surface area contributed by atoms with E-state index in [-0.39, 0.29) is 18.2 Å². The maximum absolute atomic E-state index is 13.6. The number of hydrogen-bond acceptors (Lipinski definition) is 2. The van der Waals surface area contributed by atoms with Crippen LogP contribution in [-0.2, 0) is 6.54 Å². The second-order valence-electron chi connectivity index (χ2n) is 4.35. The van der Waals surface area contributed by atoms with E-state index in [0.29, 0.717) is 21.3 Å². The summed E-state index contributed by atoms with van der Waals surface area (Å²) < 4.78 is 27.3. The van der Waals surface area contributed by atoms with Gasteiger partial charge in [0.05, 0.1) is 16.1 Å². The molecule has 2 aromatic carbocycles. The number of hydrogen-bond donors (Lipinski definition) is 1. The van der Waals surface area contributed by atoms with E-state index >= 15 is 0 Å². The lowest BCUT2D eigenvalue weighted by Gasteiger charge is -2.11. The molecule has 2 aromatic rings. The molecule has 0 amide bonds. The van der Waals surface area contributed by atoms with Crippen LogP contribution in [0, 0.1) is 29.9 Å². The van der Waals surface area contributed by atoms with Gasteiger partial charge in [-0.1, -0.05) is 0 Å². The molecule has 0 aliphatic rings. The van der Waals surface area contributed by atoms with Crippen molar-refractivity contribution < 1.29 is 8.78 Å². The molecule has 0 saturated carbocycles. The van der Waals surface area contributed by atoms with Crippen LogP contribution in [0.3, 0.4) is 0 Å². The van der Waals surface area contributed by atoms with Gasteiger partial charge in [-0.15, -0.1) is 0 Å². The third-order valence-corrected chi connectivity index (χ3v) is 3.52. The molecule has 0 atom stereocenters. The van der Waals surface area contributed by atoms with Gasteiger partial charge >= 0.3 is 0 Å². The first kappa shape index (κ1) is 14.5. The van der Waals surface area contributed by atoms with E-state index in [1.165, 1.54) is 24.3 Å². The van der Waals surface area contributed by atoms with Crippen LogP contribution in [-0.4, -0.2) is 0 Å². The van der Waals surface area contributed by atoms with E-state index < -0.39 is 0 Å². The zero-order valence-electron chi connectivity index (χ0n) is 10.7. The van der Waals surface area contributed by atoms with Gasteiger partial charge in [-0.2, -0.15) is 5.26 Å². The Labute approximate surface area is 124 Å². The second kappa shape index (κ2) is 6.02. The van der Waals surface area contributed by atoms with Crippen LogP contribution in [0.1, 0.15) is 16.7 Å². The summed E-state index contributed by atoms with van der Waals surface area (Å²) in [6, 6.07) is 9.17. The van der Waals surface area contributed by atoms with Crippen molar-refractivity contribution in [2.45, 2.75) is 13.5 Å². The largest absolute Gasteiger partial charge is 0.381 e. The second-order valence-corrected chi connectivity index (χ2v) is 5.21. The van der Waals surface area contributed by atoms with Crippen LogP contribution < -0.4 is 5.32 Å². The average Bonchev–Trinajstić information content (AvgIpc) is 2.43. The number of nitriles is 1. The Morgan fingerprint density at radius 1 is 1.20 bits per heavy atom. The van der Waals surface area contributed by atoms with Crippen LogP contribution in [0.2, 0.25) is 0 Å². The van der Waals surface area contributed by atoms with E-state index in [2.05, 4.69) is 21.2 Å². The molecule has 102 valence electrons. The molecule has 2 rings (SSSR count). The molecule has 0 saturated heterocycles. The molecule has 0 heterocycles. The molecular formula is C15H11BrF2N2. The van der Waals surface area contributed by atoms with E-state index in [1.54, 1.807) is 13.0 Å². The van der Waals surface area contributed by atoms with Crippen molar-refractivity contribution in [3.05, 3.63) is 63.1 Å². The van der Waals surface area contributed by atoms with Crippen molar-refractivity contribution in [3.8, 4) is 6.07 Å². The average molecular weight is 337 g/mol. The van der Waals surface area contributed by atoms with Gasteiger partial charge in [0.15, 0.2) is 0 Å². The Morgan fingerprint density at radius 3 is 2.65 bits per heavy atom. The summed E-state index contributed by atoms with van der Waals surface area (Å²) in [6.45, 7) is 1.99. The summed E-state index contributed by atoms with van der Waals surface area (Å²) in [5, 5.41) is 11.9. The van der Waals surface area contributed by atoms with Crippen molar-refractivity contribution in [1.82, 2.24) is 0 Å². The molecule has 0 radical (unpaired) electrons. The third kappa shape index (κ3) is 3.14. The van der Waals surface area contributed by atoms with Gasteiger partial charge in [0, 0.05) is 17.8 Å². The lowest BCUT2D eigenvalue weighted by Crippen LogP contribution is -2.04. The lowest BCUT2D eigenvalue weighted by atomic mass is 10.1. The SMILES string of the molecule is Cc1cc(F)c(Br)cc1NCc1cc(C#N)ccc1F. The first-order valence-electron chi connectivity index (χ1n) is 5.89. The third-order valence-electron chi connectivity index (χ3n) is 2.91. The number of anilines is 1. The van der Waals surface area contributed by atoms with Crippen LogP contribution in [0.15, 0.2) is 34.8 Å². The fourth-order valence-electron chi connectivity index (χ4n) is 1.81. The van der Waals surface area contributed by atoms with Crippen LogP contribution >= 0.6 is 15.9 Å². The molecule has 0 fully saturated rings. The summed E-state index contributed by atoms with van der Waals surface area (Å²) in [5.74, 6) is -0.721. The summed E-state index contributed by atoms with van der Waals surface area (Å²) in [7, 11) is 0. The van der Waals surface area contributed by atoms with Gasteiger partial charge in [-0.25, -0.2) is 8.78 Å². The van der Waals surface area contributed by atoms with Crippen molar-refractivity contribution >= 4 is 21.6 Å². The van der Waals surface area contributed by atoms with Gasteiger partial charge in [0.1, 0.15) is 11.6 Å². The van der Waals surface area contributed by atoms with E-state index in [0.717, 1.165) is 5.56 Å². The fraction of sp³-hybridized carbons (Fsp3) is 0.133. The predicted octanol–water partition coefficient (Wildman–Crippen LogP) is 4.52. The molecular weight excluding hydrogens is 326 g/mol. The Balaban J connectivity index is 2.21. The number of nitrogens with one attached hydrogen (secondary N) is 1. The molecule has 0 aliphatic heterocycles. The summed E-state index contributed by atoms with van der Waals surface area (Å²) in [5.41, 5.74) is 2.23. The Hall–Kier alpha value is -1.93. The van der Waals surface area contributed by atoms with Crippen molar-refractivity contribution in [2.24, 2.45) is 0 Å². The fourth-order valence-corrected chi connectivity index (χ4v) is 2.15. The van der Waals surface area contributed by atoms with Crippen molar-refractivity contribution in [1.29, 1.82) is 5.26 Å². The maximum atomic E-state index is 13.6. The van der Waals surface area contributed by atoms with Crippen LogP contribution in [0.5, 0.6) is 0 Å². The normalized spacial score (nSPS) is 10.2. The minimum atomic E-state index is -0.379. The molecule has 0 aromatic heterocycles. The van der Waals surface area contributed by atoms with Gasteiger partial charge < -0.3 is 5.32 Å². The van der Waals surface area contributed by atoms with Crippen molar-refractivity contribution in [2.75, 3.05) is 5.32 Å². The molecule has 0 spiro atoms. The highest BCUT2D eigenvalue weighted by Crippen LogP contribution is 2.25. The Morgan fingerprint density at radius 2 is 1.95 bits per heavy atom. The maximum Gasteiger partial charge on any atom is 0.137 e. The van der Waals surface area contributed by atoms with Gasteiger partial charge in [-0.05, 0) is 58.7 Å². The highest BCUT2D eigenvalue weighted by atomic mass is 79.9. The summed E-state index contributed by atoms with van der Waals surface area (Å²) in [6.07, 6.45) is 0. The summed E-state index contributed by atoms with van der Waals surface area (Å²) in [4.78, 5) is 0. The Kier molecular flexibility index (Phi) is 4.35. The highest BCUT2D eigenvalue weighted by molar-refractivity contribution is 9.10. The van der Waals surface area contributed by atoms with E-state index in [1.807, 2.05) is 6.07 Å². The van der Waals surface area contributed by atoms with Gasteiger partial charge in [0.25, 0.3) is 0 Å². The quantitative estimate of drug-likeness (QED) is 0.894. The van der Waals surface area contributed by atoms with Crippen LogP contribution in [0.25, 0.3) is 0 Å². The molecule has 0 bridgehead atoms. The first-order valence-corrected chi connectivity index (χ1v) is 6.68. The van der Waals surface area contributed by atoms with Crippen LogP contribution in [0.4, 0.5) is 14.5 Å². The molecule has 0 aliphatic carbocycles. The zero-order valence-corrected chi connectivity index (χ0v) is 12.3. The van der Waals surface area contributed by atoms with Crippen molar-refractivity contribution in [3.63, 3.8) is 0 Å². The first-order chi connectivity index (χ1) is 9.51. The highest BCUT2D eigenvalue weighted by Gasteiger charge is 2.07. The van der Waals surface area contributed by atoms with Gasteiger partial charge in [-0.3, -0.25) is 0 Å². The molecule has 5 heteroatoms. The predicted molar refractivity (Wildman–Crippen MR) is 77.3 cm³/mol. The van der Waals surface area contributed by atoms with E-state index in [4.69, 9.17) is 5.26 Å². The lowest BCUT2D eigenvalue weighted by molar-refractivity contribution is 0.612. The van der Waals surface area contributed by atoms with Gasteiger partial charge in [0.2, 0.25) is 0 Å². The smallest absolute Gasteiger partial charge is 0.137 e. The number of aryl methyl sites for hydroxylation is 1. The monoisotopic (exact) mass is 336 g/mol. The topological polar surface area (TPSA) is 35.8 Å². The molecule has 1 N–H and O–H groups in total. The molecule has 0 unspecified atom stereocenters. The number of rotatable bonds is 3. The minimum Gasteiger partial charge on any atom is -0.381 e.